The topological polar surface area (TPSA) is 71.1 Å². The summed E-state index contributed by atoms with van der Waals surface area (Å²) in [7, 11) is -3.69. The van der Waals surface area contributed by atoms with Crippen LogP contribution in [0.5, 0.6) is 0 Å². The number of nitrogens with one attached hydrogen (secondary N) is 2. The second-order valence-electron chi connectivity index (χ2n) is 5.13. The Bertz CT molecular complexity index is 976. The van der Waals surface area contributed by atoms with Crippen molar-refractivity contribution in [3.05, 3.63) is 76.9 Å². The summed E-state index contributed by atoms with van der Waals surface area (Å²) in [4.78, 5) is 4.32. The Morgan fingerprint density at radius 1 is 0.840 bits per heavy atom. The van der Waals surface area contributed by atoms with Crippen LogP contribution < -0.4 is 10.0 Å². The smallest absolute Gasteiger partial charge is 0.261 e. The molecule has 3 rings (SSSR count). The average Bonchev–Trinajstić information content (AvgIpc) is 2.57. The van der Waals surface area contributed by atoms with E-state index >= 15 is 0 Å². The van der Waals surface area contributed by atoms with Gasteiger partial charge in [-0.25, -0.2) is 13.4 Å². The molecule has 0 unspecified atom stereocenters. The highest BCUT2D eigenvalue weighted by atomic mass is 35.5. The molecule has 128 valence electrons. The Kier molecular flexibility index (Phi) is 5.13. The summed E-state index contributed by atoms with van der Waals surface area (Å²) in [5.41, 5.74) is 1.14. The molecule has 0 aliphatic heterocycles. The molecule has 2 N–H and O–H groups in total. The van der Waals surface area contributed by atoms with Gasteiger partial charge >= 0.3 is 0 Å². The molecule has 0 amide bonds. The van der Waals surface area contributed by atoms with E-state index in [9.17, 15) is 8.42 Å². The molecule has 1 aromatic heterocycles. The number of pyridine rings is 1. The van der Waals surface area contributed by atoms with Crippen molar-refractivity contribution in [2.45, 2.75) is 4.90 Å². The lowest BCUT2D eigenvalue weighted by atomic mass is 10.3. The van der Waals surface area contributed by atoms with E-state index in [2.05, 4.69) is 15.0 Å². The minimum Gasteiger partial charge on any atom is -0.340 e. The van der Waals surface area contributed by atoms with Gasteiger partial charge in [0.1, 0.15) is 5.82 Å². The number of hydrogen-bond donors (Lipinski definition) is 2. The minimum atomic E-state index is -3.69. The monoisotopic (exact) mass is 393 g/mol. The maximum absolute atomic E-state index is 12.3. The molecule has 2 aromatic carbocycles. The predicted molar refractivity (Wildman–Crippen MR) is 101 cm³/mol. The van der Waals surface area contributed by atoms with Gasteiger partial charge in [-0.05, 0) is 54.6 Å². The first-order valence-electron chi connectivity index (χ1n) is 7.19. The molecule has 0 spiro atoms. The van der Waals surface area contributed by atoms with Crippen molar-refractivity contribution in [2.75, 3.05) is 10.0 Å². The molecule has 1 heterocycles. The highest BCUT2D eigenvalue weighted by molar-refractivity contribution is 7.92. The summed E-state index contributed by atoms with van der Waals surface area (Å²) >= 11 is 11.7. The molecule has 25 heavy (non-hydrogen) atoms. The van der Waals surface area contributed by atoms with Gasteiger partial charge in [-0.15, -0.1) is 0 Å². The number of anilines is 3. The normalized spacial score (nSPS) is 11.1. The van der Waals surface area contributed by atoms with Crippen molar-refractivity contribution >= 4 is 50.4 Å². The van der Waals surface area contributed by atoms with Crippen molar-refractivity contribution in [1.29, 1.82) is 0 Å². The summed E-state index contributed by atoms with van der Waals surface area (Å²) in [5.74, 6) is 0.566. The van der Waals surface area contributed by atoms with Crippen LogP contribution in [0.4, 0.5) is 17.2 Å². The Morgan fingerprint density at radius 2 is 1.60 bits per heavy atom. The second kappa shape index (κ2) is 7.31. The molecule has 0 atom stereocenters. The molecule has 0 saturated carbocycles. The third-order valence-corrected chi connectivity index (χ3v) is 5.12. The van der Waals surface area contributed by atoms with Crippen molar-refractivity contribution in [3.8, 4) is 0 Å². The van der Waals surface area contributed by atoms with Crippen LogP contribution >= 0.6 is 23.2 Å². The Hall–Kier alpha value is -2.28. The summed E-state index contributed by atoms with van der Waals surface area (Å²) in [6, 6.07) is 16.4. The van der Waals surface area contributed by atoms with E-state index in [1.165, 1.54) is 30.5 Å². The molecule has 0 saturated heterocycles. The van der Waals surface area contributed by atoms with Crippen LogP contribution in [0.2, 0.25) is 10.0 Å². The summed E-state index contributed by atoms with van der Waals surface area (Å²) < 4.78 is 27.1. The molecular weight excluding hydrogens is 381 g/mol. The summed E-state index contributed by atoms with van der Waals surface area (Å²) in [6.07, 6.45) is 1.43. The Balaban J connectivity index is 1.73. The Labute approximate surface area is 155 Å². The second-order valence-corrected chi connectivity index (χ2v) is 7.68. The predicted octanol–water partition coefficient (Wildman–Crippen LogP) is 4.93. The van der Waals surface area contributed by atoms with E-state index in [1.807, 2.05) is 12.1 Å². The van der Waals surface area contributed by atoms with Gasteiger partial charge in [0.05, 0.1) is 16.8 Å². The van der Waals surface area contributed by atoms with Crippen molar-refractivity contribution in [2.24, 2.45) is 0 Å². The first-order chi connectivity index (χ1) is 11.9. The number of nitrogens with zero attached hydrogens (tertiary/aromatic N) is 1. The minimum absolute atomic E-state index is 0.123. The third kappa shape index (κ3) is 4.63. The molecule has 0 bridgehead atoms. The fourth-order valence-electron chi connectivity index (χ4n) is 2.07. The van der Waals surface area contributed by atoms with E-state index in [1.54, 1.807) is 24.3 Å². The van der Waals surface area contributed by atoms with Crippen LogP contribution in [0.1, 0.15) is 0 Å². The molecule has 0 aliphatic rings. The van der Waals surface area contributed by atoms with E-state index in [-0.39, 0.29) is 4.90 Å². The highest BCUT2D eigenvalue weighted by Gasteiger charge is 2.14. The van der Waals surface area contributed by atoms with E-state index in [0.29, 0.717) is 21.6 Å². The van der Waals surface area contributed by atoms with Gasteiger partial charge in [0.2, 0.25) is 0 Å². The van der Waals surface area contributed by atoms with Crippen LogP contribution in [0.25, 0.3) is 0 Å². The lowest BCUT2D eigenvalue weighted by Gasteiger charge is -2.09. The molecule has 0 fully saturated rings. The fourth-order valence-corrected chi connectivity index (χ4v) is 3.43. The molecule has 5 nitrogen and oxygen atoms in total. The highest BCUT2D eigenvalue weighted by Crippen LogP contribution is 2.21. The fraction of sp³-hybridized carbons (Fsp3) is 0. The SMILES string of the molecule is O=S(=O)(Nc1ccc(Nc2cccc(Cl)c2)nc1)c1ccc(Cl)cc1. The molecule has 0 aliphatic carbocycles. The first-order valence-corrected chi connectivity index (χ1v) is 9.43. The zero-order valence-electron chi connectivity index (χ0n) is 12.8. The first kappa shape index (κ1) is 17.5. The molecule has 3 aromatic rings. The van der Waals surface area contributed by atoms with Crippen LogP contribution in [0.15, 0.2) is 71.8 Å². The zero-order valence-corrected chi connectivity index (χ0v) is 15.1. The van der Waals surface area contributed by atoms with E-state index in [0.717, 1.165) is 5.69 Å². The zero-order chi connectivity index (χ0) is 17.9. The van der Waals surface area contributed by atoms with E-state index < -0.39 is 10.0 Å². The Morgan fingerprint density at radius 3 is 2.24 bits per heavy atom. The standard InChI is InChI=1S/C17H13Cl2N3O2S/c18-12-4-7-16(8-5-12)25(23,24)22-15-6-9-17(20-11-15)21-14-3-1-2-13(19)10-14/h1-11,22H,(H,20,21). The lowest BCUT2D eigenvalue weighted by molar-refractivity contribution is 0.601. The average molecular weight is 394 g/mol. The van der Waals surface area contributed by atoms with Crippen LogP contribution in [0.3, 0.4) is 0 Å². The molecule has 0 radical (unpaired) electrons. The number of benzene rings is 2. The maximum atomic E-state index is 12.3. The van der Waals surface area contributed by atoms with Crippen LogP contribution in [-0.2, 0) is 10.0 Å². The number of aromatic nitrogens is 1. The number of sulfonamides is 1. The third-order valence-electron chi connectivity index (χ3n) is 3.24. The van der Waals surface area contributed by atoms with Crippen LogP contribution in [-0.4, -0.2) is 13.4 Å². The summed E-state index contributed by atoms with van der Waals surface area (Å²) in [6.45, 7) is 0. The van der Waals surface area contributed by atoms with Crippen molar-refractivity contribution in [3.63, 3.8) is 0 Å². The van der Waals surface area contributed by atoms with Gasteiger partial charge in [0.25, 0.3) is 10.0 Å². The van der Waals surface area contributed by atoms with Gasteiger partial charge in [0.15, 0.2) is 0 Å². The summed E-state index contributed by atoms with van der Waals surface area (Å²) in [5, 5.41) is 4.16. The maximum Gasteiger partial charge on any atom is 0.261 e. The van der Waals surface area contributed by atoms with Crippen LogP contribution in [0, 0.1) is 0 Å². The van der Waals surface area contributed by atoms with Gasteiger partial charge in [-0.3, -0.25) is 4.72 Å². The quantitative estimate of drug-likeness (QED) is 0.644. The molecular formula is C17H13Cl2N3O2S. The molecule has 8 heteroatoms. The van der Waals surface area contributed by atoms with Gasteiger partial charge in [-0.2, -0.15) is 0 Å². The van der Waals surface area contributed by atoms with E-state index in [4.69, 9.17) is 23.2 Å². The number of rotatable bonds is 5. The van der Waals surface area contributed by atoms with Gasteiger partial charge < -0.3 is 5.32 Å². The van der Waals surface area contributed by atoms with Gasteiger partial charge in [0, 0.05) is 15.7 Å². The van der Waals surface area contributed by atoms with Crippen molar-refractivity contribution < 1.29 is 8.42 Å². The van der Waals surface area contributed by atoms with Gasteiger partial charge in [-0.1, -0.05) is 29.3 Å². The number of hydrogen-bond acceptors (Lipinski definition) is 4. The van der Waals surface area contributed by atoms with Crippen molar-refractivity contribution in [1.82, 2.24) is 4.98 Å². The number of halogens is 2. The largest absolute Gasteiger partial charge is 0.340 e. The lowest BCUT2D eigenvalue weighted by Crippen LogP contribution is -2.13.